The molecule has 1 saturated heterocycles. The van der Waals surface area contributed by atoms with Crippen molar-refractivity contribution in [3.63, 3.8) is 0 Å². The van der Waals surface area contributed by atoms with E-state index in [2.05, 4.69) is 32.4 Å². The largest absolute Gasteiger partial charge is 0.497 e. The molecule has 1 aliphatic heterocycles. The van der Waals surface area contributed by atoms with E-state index >= 15 is 0 Å². The Hall–Kier alpha value is -3.39. The van der Waals surface area contributed by atoms with Gasteiger partial charge in [0.15, 0.2) is 0 Å². The fourth-order valence-electron chi connectivity index (χ4n) is 3.53. The van der Waals surface area contributed by atoms with Crippen molar-refractivity contribution >= 4 is 11.9 Å². The first-order valence-electron chi connectivity index (χ1n) is 10.4. The lowest BCUT2D eigenvalue weighted by Gasteiger charge is -2.30. The number of aromatic nitrogens is 2. The van der Waals surface area contributed by atoms with Crippen molar-refractivity contribution < 1.29 is 13.9 Å². The Labute approximate surface area is 181 Å². The van der Waals surface area contributed by atoms with Gasteiger partial charge in [-0.15, -0.1) is 5.10 Å². The van der Waals surface area contributed by atoms with Crippen molar-refractivity contribution in [2.24, 2.45) is 0 Å². The van der Waals surface area contributed by atoms with E-state index in [0.717, 1.165) is 31.7 Å². The lowest BCUT2D eigenvalue weighted by Crippen LogP contribution is -2.44. The molecule has 4 rings (SSSR count). The molecule has 3 aromatic rings. The number of likely N-dealkylation sites (N-methyl/N-ethyl adjacent to an activating group) is 1. The van der Waals surface area contributed by atoms with Crippen molar-refractivity contribution in [1.82, 2.24) is 20.4 Å². The average Bonchev–Trinajstić information content (AvgIpc) is 3.30. The molecule has 1 fully saturated rings. The van der Waals surface area contributed by atoms with E-state index in [1.807, 2.05) is 30.3 Å². The SMILES string of the molecule is COc1ccc(C(=O)N[C@@H](Cc2ccccc2)c2nnc(N3CCN(C)CC3)o2)cc1. The number of benzene rings is 2. The number of carbonyl (C=O) groups is 1. The number of anilines is 1. The molecule has 162 valence electrons. The number of nitrogens with zero attached hydrogens (tertiary/aromatic N) is 4. The number of methoxy groups -OCH3 is 1. The third-order valence-electron chi connectivity index (χ3n) is 5.44. The molecule has 1 atom stereocenters. The van der Waals surface area contributed by atoms with E-state index in [9.17, 15) is 4.79 Å². The molecule has 1 aromatic heterocycles. The first kappa shape index (κ1) is 20.9. The van der Waals surface area contributed by atoms with E-state index < -0.39 is 6.04 Å². The molecule has 8 heteroatoms. The van der Waals surface area contributed by atoms with Gasteiger partial charge in [-0.25, -0.2) is 0 Å². The van der Waals surface area contributed by atoms with Gasteiger partial charge in [0.05, 0.1) is 7.11 Å². The molecule has 0 saturated carbocycles. The van der Waals surface area contributed by atoms with Crippen LogP contribution in [-0.4, -0.2) is 61.3 Å². The highest BCUT2D eigenvalue weighted by atomic mass is 16.5. The monoisotopic (exact) mass is 421 g/mol. The topological polar surface area (TPSA) is 83.7 Å². The summed E-state index contributed by atoms with van der Waals surface area (Å²) in [5.41, 5.74) is 1.61. The second kappa shape index (κ2) is 9.61. The van der Waals surface area contributed by atoms with Crippen molar-refractivity contribution in [3.8, 4) is 5.75 Å². The fraction of sp³-hybridized carbons (Fsp3) is 0.348. The van der Waals surface area contributed by atoms with E-state index in [-0.39, 0.29) is 5.91 Å². The van der Waals surface area contributed by atoms with Crippen LogP contribution < -0.4 is 15.0 Å². The Morgan fingerprint density at radius 2 is 1.77 bits per heavy atom. The predicted molar refractivity (Wildman–Crippen MR) is 117 cm³/mol. The van der Waals surface area contributed by atoms with Crippen LogP contribution >= 0.6 is 0 Å². The summed E-state index contributed by atoms with van der Waals surface area (Å²) in [6.45, 7) is 3.55. The second-order valence-corrected chi connectivity index (χ2v) is 7.66. The summed E-state index contributed by atoms with van der Waals surface area (Å²) in [5, 5.41) is 11.6. The minimum absolute atomic E-state index is 0.206. The van der Waals surface area contributed by atoms with Crippen LogP contribution in [0.4, 0.5) is 6.01 Å². The van der Waals surface area contributed by atoms with Gasteiger partial charge in [0, 0.05) is 38.2 Å². The lowest BCUT2D eigenvalue weighted by atomic mass is 10.1. The third-order valence-corrected chi connectivity index (χ3v) is 5.44. The van der Waals surface area contributed by atoms with Gasteiger partial charge in [-0.3, -0.25) is 4.79 Å². The van der Waals surface area contributed by atoms with Gasteiger partial charge in [-0.05, 0) is 36.9 Å². The Morgan fingerprint density at radius 1 is 1.06 bits per heavy atom. The molecule has 0 spiro atoms. The normalized spacial score (nSPS) is 15.5. The number of nitrogens with one attached hydrogen (secondary N) is 1. The molecule has 1 N–H and O–H groups in total. The number of rotatable bonds is 7. The zero-order chi connectivity index (χ0) is 21.6. The zero-order valence-corrected chi connectivity index (χ0v) is 17.8. The Bertz CT molecular complexity index is 982. The van der Waals surface area contributed by atoms with E-state index in [0.29, 0.717) is 29.6 Å². The second-order valence-electron chi connectivity index (χ2n) is 7.66. The van der Waals surface area contributed by atoms with Gasteiger partial charge in [-0.2, -0.15) is 0 Å². The molecule has 1 amide bonds. The number of ether oxygens (including phenoxy) is 1. The summed E-state index contributed by atoms with van der Waals surface area (Å²) in [4.78, 5) is 17.3. The smallest absolute Gasteiger partial charge is 0.318 e. The molecule has 2 heterocycles. The van der Waals surface area contributed by atoms with E-state index in [4.69, 9.17) is 9.15 Å². The summed E-state index contributed by atoms with van der Waals surface area (Å²) in [7, 11) is 3.69. The molecule has 0 unspecified atom stereocenters. The summed E-state index contributed by atoms with van der Waals surface area (Å²) >= 11 is 0. The number of carbonyl (C=O) groups excluding carboxylic acids is 1. The quantitative estimate of drug-likeness (QED) is 0.628. The molecule has 31 heavy (non-hydrogen) atoms. The first-order valence-corrected chi connectivity index (χ1v) is 10.4. The highest BCUT2D eigenvalue weighted by Gasteiger charge is 2.25. The maximum atomic E-state index is 12.9. The van der Waals surface area contributed by atoms with Crippen LogP contribution in [0.15, 0.2) is 59.0 Å². The maximum Gasteiger partial charge on any atom is 0.318 e. The molecular weight excluding hydrogens is 394 g/mol. The standard InChI is InChI=1S/C23H27N5O3/c1-27-12-14-28(15-13-27)23-26-25-22(31-23)20(16-17-6-4-3-5-7-17)24-21(29)18-8-10-19(30-2)11-9-18/h3-11,20H,12-16H2,1-2H3,(H,24,29)/t20-/m0/s1. The molecule has 2 aromatic carbocycles. The molecule has 0 radical (unpaired) electrons. The Balaban J connectivity index is 1.53. The van der Waals surface area contributed by atoms with Crippen LogP contribution in [0.25, 0.3) is 0 Å². The minimum atomic E-state index is -0.439. The Kier molecular flexibility index (Phi) is 6.47. The van der Waals surface area contributed by atoms with Gasteiger partial charge >= 0.3 is 6.01 Å². The summed E-state index contributed by atoms with van der Waals surface area (Å²) in [6, 6.07) is 17.0. The lowest BCUT2D eigenvalue weighted by molar-refractivity contribution is 0.0930. The van der Waals surface area contributed by atoms with Gasteiger partial charge in [0.2, 0.25) is 5.89 Å². The van der Waals surface area contributed by atoms with E-state index in [1.54, 1.807) is 31.4 Å². The molecule has 8 nitrogen and oxygen atoms in total. The van der Waals surface area contributed by atoms with Gasteiger partial charge in [-0.1, -0.05) is 35.4 Å². The number of hydrogen-bond donors (Lipinski definition) is 1. The number of piperazine rings is 1. The van der Waals surface area contributed by atoms with Crippen LogP contribution in [0.1, 0.15) is 27.9 Å². The van der Waals surface area contributed by atoms with Crippen LogP contribution in [0.5, 0.6) is 5.75 Å². The van der Waals surface area contributed by atoms with Crippen LogP contribution in [0, 0.1) is 0 Å². The van der Waals surface area contributed by atoms with Gasteiger partial charge in [0.25, 0.3) is 5.91 Å². The van der Waals surface area contributed by atoms with Crippen molar-refractivity contribution in [1.29, 1.82) is 0 Å². The van der Waals surface area contributed by atoms with Crippen molar-refractivity contribution in [3.05, 3.63) is 71.6 Å². The predicted octanol–water partition coefficient (Wildman–Crippen LogP) is 2.54. The highest BCUT2D eigenvalue weighted by molar-refractivity contribution is 5.94. The number of hydrogen-bond acceptors (Lipinski definition) is 7. The summed E-state index contributed by atoms with van der Waals surface area (Å²) < 4.78 is 11.2. The van der Waals surface area contributed by atoms with Crippen LogP contribution in [0.3, 0.4) is 0 Å². The first-order chi connectivity index (χ1) is 15.1. The van der Waals surface area contributed by atoms with Crippen molar-refractivity contribution in [2.75, 3.05) is 45.2 Å². The van der Waals surface area contributed by atoms with Crippen LogP contribution in [0.2, 0.25) is 0 Å². The number of amides is 1. The van der Waals surface area contributed by atoms with Crippen molar-refractivity contribution in [2.45, 2.75) is 12.5 Å². The summed E-state index contributed by atoms with van der Waals surface area (Å²) in [6.07, 6.45) is 0.549. The van der Waals surface area contributed by atoms with Crippen LogP contribution in [-0.2, 0) is 6.42 Å². The molecule has 1 aliphatic rings. The molecular formula is C23H27N5O3. The van der Waals surface area contributed by atoms with Gasteiger partial charge < -0.3 is 24.3 Å². The molecule has 0 bridgehead atoms. The Morgan fingerprint density at radius 3 is 2.45 bits per heavy atom. The molecule has 0 aliphatic carbocycles. The van der Waals surface area contributed by atoms with Gasteiger partial charge in [0.1, 0.15) is 11.8 Å². The fourth-order valence-corrected chi connectivity index (χ4v) is 3.53. The van der Waals surface area contributed by atoms with E-state index in [1.165, 1.54) is 0 Å². The third kappa shape index (κ3) is 5.21. The summed E-state index contributed by atoms with van der Waals surface area (Å²) in [5.74, 6) is 0.897. The maximum absolute atomic E-state index is 12.9. The average molecular weight is 422 g/mol. The highest BCUT2D eigenvalue weighted by Crippen LogP contribution is 2.23. The zero-order valence-electron chi connectivity index (χ0n) is 17.8. The minimum Gasteiger partial charge on any atom is -0.497 e.